The zero-order valence-corrected chi connectivity index (χ0v) is 62.1. The fraction of sp³-hybridized carbons (Fsp3) is 0.820. The molecule has 79 heavy (non-hydrogen) atoms. The van der Waals surface area contributed by atoms with Crippen LogP contribution in [-0.4, -0.2) is 129 Å². The number of hydrogen-bond donors (Lipinski definition) is 2. The topological polar surface area (TPSA) is 132 Å². The van der Waals surface area contributed by atoms with Crippen LogP contribution in [0, 0.1) is 0 Å². The third-order valence-corrected chi connectivity index (χ3v) is 49.2. The van der Waals surface area contributed by atoms with Crippen LogP contribution >= 0.6 is 0 Å². The molecule has 0 unspecified atom stereocenters. The molecule has 1 saturated carbocycles. The number of carbonyl (C=O) groups excluding carboxylic acids is 1. The number of benzene rings is 1. The Morgan fingerprint density at radius 2 is 1.00 bits per heavy atom. The molecule has 2 N–H and O–H groups in total. The minimum atomic E-state index is -2.54. The van der Waals surface area contributed by atoms with Gasteiger partial charge in [-0.3, -0.25) is 4.79 Å². The van der Waals surface area contributed by atoms with Gasteiger partial charge in [-0.25, -0.2) is 0 Å². The Kier molecular flexibility index (Phi) is 21.2. The van der Waals surface area contributed by atoms with Gasteiger partial charge in [-0.1, -0.05) is 150 Å². The van der Waals surface area contributed by atoms with Crippen molar-refractivity contribution in [2.24, 2.45) is 0 Å². The van der Waals surface area contributed by atoms with Gasteiger partial charge in [0, 0.05) is 11.1 Å². The van der Waals surface area contributed by atoms with Gasteiger partial charge in [0.2, 0.25) is 12.2 Å². The molecular weight excluding hydrogens is 1090 g/mol. The highest BCUT2D eigenvalue weighted by Crippen LogP contribution is 2.56. The van der Waals surface area contributed by atoms with E-state index in [1.54, 1.807) is 0 Å². The van der Waals surface area contributed by atoms with Gasteiger partial charge in [0.1, 0.15) is 37.0 Å². The van der Waals surface area contributed by atoms with Crippen molar-refractivity contribution in [1.82, 2.24) is 5.32 Å². The highest BCUT2D eigenvalue weighted by atomic mass is 28.4. The Morgan fingerprint density at radius 3 is 1.43 bits per heavy atom. The Balaban J connectivity index is 1.94. The maximum atomic E-state index is 15.3. The molecule has 0 radical (unpaired) electrons. The second kappa shape index (κ2) is 23.9. The molecule has 1 aliphatic carbocycles. The molecule has 456 valence electrons. The molecule has 0 spiro atoms. The summed E-state index contributed by atoms with van der Waals surface area (Å²) in [5.41, 5.74) is 2.28. The molecule has 10 atom stereocenters. The molecule has 3 aliphatic rings. The number of aliphatic hydroxyl groups is 1. The monoisotopic (exact) mass is 1210 g/mol. The van der Waals surface area contributed by atoms with E-state index in [-0.39, 0.29) is 61.2 Å². The van der Waals surface area contributed by atoms with Crippen molar-refractivity contribution in [3.63, 3.8) is 0 Å². The summed E-state index contributed by atoms with van der Waals surface area (Å²) in [5.74, 6) is 0.898. The number of rotatable bonds is 18. The van der Waals surface area contributed by atoms with Crippen LogP contribution in [0.5, 0.6) is 11.5 Å². The molecular formula is C61H117NO11Si6. The lowest BCUT2D eigenvalue weighted by atomic mass is 9.83. The molecule has 3 fully saturated rings. The number of carbonyl (C=O) groups is 1. The van der Waals surface area contributed by atoms with Gasteiger partial charge in [0.05, 0.1) is 39.0 Å². The van der Waals surface area contributed by atoms with Gasteiger partial charge < -0.3 is 51.5 Å². The summed E-state index contributed by atoms with van der Waals surface area (Å²) in [5, 5.41) is 13.2. The van der Waals surface area contributed by atoms with E-state index in [9.17, 15) is 5.11 Å². The lowest BCUT2D eigenvalue weighted by Gasteiger charge is -2.55. The van der Waals surface area contributed by atoms with E-state index in [0.29, 0.717) is 17.1 Å². The Morgan fingerprint density at radius 1 is 0.582 bits per heavy atom. The molecule has 2 saturated heterocycles. The molecule has 0 aromatic heterocycles. The fourth-order valence-corrected chi connectivity index (χ4v) is 18.6. The van der Waals surface area contributed by atoms with Gasteiger partial charge in [-0.15, -0.1) is 0 Å². The van der Waals surface area contributed by atoms with Crippen molar-refractivity contribution < 1.29 is 51.0 Å². The molecule has 1 aromatic rings. The van der Waals surface area contributed by atoms with E-state index in [1.807, 2.05) is 37.3 Å². The van der Waals surface area contributed by atoms with Gasteiger partial charge in [0.15, 0.2) is 39.0 Å². The minimum absolute atomic E-state index is 0.00683. The van der Waals surface area contributed by atoms with Gasteiger partial charge in [-0.05, 0) is 139 Å². The largest absolute Gasteiger partial charge is 0.541 e. The Labute approximate surface area is 489 Å². The second-order valence-electron chi connectivity index (χ2n) is 32.8. The smallest absolute Gasteiger partial charge is 0.250 e. The van der Waals surface area contributed by atoms with Crippen molar-refractivity contribution in [3.8, 4) is 11.5 Å². The van der Waals surface area contributed by atoms with Crippen LogP contribution in [0.15, 0.2) is 35.4 Å². The SMILES string of the molecule is CC(=Cc1ccc(O[C@@H]2O[C@H](C(C)=CCO)[C@@H]([Si](C)(C)C(C)(C)C)[C@@H]2O[Si](C)(C)C(C)(C)C)c(O[Si](C)(C)C(C)(C)C)c1)C(=O)N[C@H]1[C@@H](O[Si](C)(C)C(C)(C)C)[C@@H]2OCO[C@@H]2[C@H](O[Si](C)(C)C(C)(C)C)[C@H]1O[Si](C)(C)C(C)(C)C. The Hall–Kier alpha value is -1.25. The van der Waals surface area contributed by atoms with Crippen LogP contribution in [0.1, 0.15) is 144 Å². The molecule has 2 heterocycles. The Bertz CT molecular complexity index is 2320. The molecule has 1 amide bonds. The van der Waals surface area contributed by atoms with Gasteiger partial charge in [-0.2, -0.15) is 0 Å². The number of nitrogens with one attached hydrogen (secondary N) is 1. The first-order valence-electron chi connectivity index (χ1n) is 29.5. The molecule has 18 heteroatoms. The van der Waals surface area contributed by atoms with Crippen LogP contribution in [0.25, 0.3) is 6.08 Å². The van der Waals surface area contributed by atoms with Crippen LogP contribution in [-0.2, 0) is 36.7 Å². The molecule has 1 aromatic carbocycles. The summed E-state index contributed by atoms with van der Waals surface area (Å²) in [6, 6.07) is 5.32. The summed E-state index contributed by atoms with van der Waals surface area (Å²) in [6.07, 6.45) is -0.368. The average molecular weight is 1210 g/mol. The van der Waals surface area contributed by atoms with Crippen LogP contribution in [0.4, 0.5) is 0 Å². The fourth-order valence-electron chi connectivity index (χ4n) is 9.12. The third kappa shape index (κ3) is 15.6. The van der Waals surface area contributed by atoms with Crippen molar-refractivity contribution >= 4 is 61.6 Å². The third-order valence-electron chi connectivity index (χ3n) is 20.8. The maximum Gasteiger partial charge on any atom is 0.250 e. The van der Waals surface area contributed by atoms with E-state index < -0.39 is 98.6 Å². The summed E-state index contributed by atoms with van der Waals surface area (Å²) in [4.78, 5) is 15.3. The lowest BCUT2D eigenvalue weighted by molar-refractivity contribution is -0.144. The van der Waals surface area contributed by atoms with E-state index in [1.165, 1.54) is 0 Å². The molecule has 4 rings (SSSR count). The second-order valence-corrected chi connectivity index (χ2v) is 62.2. The lowest BCUT2D eigenvalue weighted by Crippen LogP contribution is -2.73. The van der Waals surface area contributed by atoms with E-state index in [2.05, 4.69) is 215 Å². The number of amides is 1. The van der Waals surface area contributed by atoms with Gasteiger partial charge in [0.25, 0.3) is 8.32 Å². The quantitative estimate of drug-likeness (QED) is 0.0827. The molecule has 12 nitrogen and oxygen atoms in total. The van der Waals surface area contributed by atoms with Crippen molar-refractivity contribution in [2.45, 2.75) is 308 Å². The molecule has 2 aliphatic heterocycles. The summed E-state index contributed by atoms with van der Waals surface area (Å²) >= 11 is 0. The predicted molar refractivity (Wildman–Crippen MR) is 344 cm³/mol. The van der Waals surface area contributed by atoms with Crippen molar-refractivity contribution in [2.75, 3.05) is 13.4 Å². The first-order chi connectivity index (χ1) is 35.2. The van der Waals surface area contributed by atoms with E-state index >= 15 is 4.79 Å². The first-order valence-corrected chi connectivity index (χ1v) is 47.1. The minimum Gasteiger partial charge on any atom is -0.541 e. The standard InChI is InChI=1S/C61H117NO11Si6/c1-40(35-36-63)46-53(74(21,22)56(3,4)5)52(73-79(31,32)61(18,19)20)55(68-46)67-43-34-33-42(38-44(43)69-75(23,24)57(6,7)8)37-41(2)54(64)62-45-47(70-76(25,26)58(9,10)11)49-50(66-39-65-49)51(72-78(29,30)60(15,16)17)48(45)71-77(27,28)59(12,13)14/h33-35,37-38,45-53,55,63H,36,39H2,1-32H3,(H,62,64)/t45-,46+,47+,48-,49-,50-,51+,52-,53+,55+/m0/s1. The number of aliphatic hydroxyl groups excluding tert-OH is 1. The van der Waals surface area contributed by atoms with Crippen LogP contribution < -0.4 is 14.5 Å². The highest BCUT2D eigenvalue weighted by molar-refractivity contribution is 6.82. The predicted octanol–water partition coefficient (Wildman–Crippen LogP) is 16.2. The maximum absolute atomic E-state index is 15.3. The summed E-state index contributed by atoms with van der Waals surface area (Å²) in [7, 11) is -14.7. The van der Waals surface area contributed by atoms with Crippen LogP contribution in [0.2, 0.25) is 114 Å². The van der Waals surface area contributed by atoms with E-state index in [0.717, 1.165) is 11.1 Å². The number of ether oxygens (including phenoxy) is 4. The van der Waals surface area contributed by atoms with Crippen molar-refractivity contribution in [1.29, 1.82) is 0 Å². The zero-order chi connectivity index (χ0) is 61.3. The normalized spacial score (nSPS) is 27.1. The number of hydrogen-bond acceptors (Lipinski definition) is 11. The van der Waals surface area contributed by atoms with Gasteiger partial charge >= 0.3 is 0 Å². The number of fused-ring (bicyclic) bond motifs is 1. The average Bonchev–Trinajstić information content (AvgIpc) is 3.87. The highest BCUT2D eigenvalue weighted by Gasteiger charge is 2.63. The molecule has 0 bridgehead atoms. The summed E-state index contributed by atoms with van der Waals surface area (Å²) in [6.45, 7) is 72.2. The van der Waals surface area contributed by atoms with E-state index in [4.69, 9.17) is 41.1 Å². The van der Waals surface area contributed by atoms with Crippen LogP contribution in [0.3, 0.4) is 0 Å². The zero-order valence-electron chi connectivity index (χ0n) is 56.1. The summed E-state index contributed by atoms with van der Waals surface area (Å²) < 4.78 is 64.9. The first kappa shape index (κ1) is 70.2. The van der Waals surface area contributed by atoms with Crippen molar-refractivity contribution in [3.05, 3.63) is 41.0 Å².